The lowest BCUT2D eigenvalue weighted by Gasteiger charge is -2.13. The van der Waals surface area contributed by atoms with Crippen LogP contribution in [0.25, 0.3) is 11.0 Å². The summed E-state index contributed by atoms with van der Waals surface area (Å²) < 4.78 is 7.10. The van der Waals surface area contributed by atoms with Gasteiger partial charge < -0.3 is 9.30 Å². The fourth-order valence-corrected chi connectivity index (χ4v) is 2.54. The van der Waals surface area contributed by atoms with E-state index in [0.29, 0.717) is 6.42 Å². The van der Waals surface area contributed by atoms with E-state index in [2.05, 4.69) is 17.6 Å². The number of rotatable bonds is 6. The molecule has 0 N–H and O–H groups in total. The van der Waals surface area contributed by atoms with E-state index in [4.69, 9.17) is 9.72 Å². The third-order valence-corrected chi connectivity index (χ3v) is 3.64. The van der Waals surface area contributed by atoms with Gasteiger partial charge in [-0.05, 0) is 25.0 Å². The van der Waals surface area contributed by atoms with Crippen LogP contribution in [0.4, 0.5) is 0 Å². The molecule has 2 aromatic rings. The summed E-state index contributed by atoms with van der Waals surface area (Å²) in [4.78, 5) is 16.5. The quantitative estimate of drug-likeness (QED) is 0.760. The predicted octanol–water partition coefficient (Wildman–Crippen LogP) is 3.19. The monoisotopic (exact) mass is 274 g/mol. The molecular weight excluding hydrogens is 252 g/mol. The first-order valence-corrected chi connectivity index (χ1v) is 7.23. The molecule has 0 bridgehead atoms. The minimum atomic E-state index is -0.150. The van der Waals surface area contributed by atoms with Crippen molar-refractivity contribution >= 4 is 17.0 Å². The molecule has 0 radical (unpaired) electrons. The standard InChI is InChI=1S/C16H22N2O2/c1-4-10-18-14-9-7-6-8-13(14)17-15(18)11-12(5-2)16(19)20-3/h6-9,12H,4-5,10-11H2,1-3H3. The summed E-state index contributed by atoms with van der Waals surface area (Å²) in [6.45, 7) is 5.08. The van der Waals surface area contributed by atoms with Gasteiger partial charge in [0.15, 0.2) is 0 Å². The number of fused-ring (bicyclic) bond motifs is 1. The minimum absolute atomic E-state index is 0.118. The zero-order valence-electron chi connectivity index (χ0n) is 12.4. The first-order valence-electron chi connectivity index (χ1n) is 7.23. The molecule has 1 atom stereocenters. The Morgan fingerprint density at radius 2 is 2.10 bits per heavy atom. The van der Waals surface area contributed by atoms with Gasteiger partial charge >= 0.3 is 5.97 Å². The topological polar surface area (TPSA) is 44.1 Å². The van der Waals surface area contributed by atoms with Crippen molar-refractivity contribution in [2.24, 2.45) is 5.92 Å². The van der Waals surface area contributed by atoms with Crippen molar-refractivity contribution in [3.63, 3.8) is 0 Å². The number of imidazole rings is 1. The van der Waals surface area contributed by atoms with Crippen molar-refractivity contribution in [3.8, 4) is 0 Å². The Morgan fingerprint density at radius 1 is 1.35 bits per heavy atom. The zero-order chi connectivity index (χ0) is 14.5. The molecule has 20 heavy (non-hydrogen) atoms. The molecule has 0 spiro atoms. The Morgan fingerprint density at radius 3 is 2.75 bits per heavy atom. The molecule has 1 aromatic heterocycles. The van der Waals surface area contributed by atoms with E-state index in [0.717, 1.165) is 36.2 Å². The highest BCUT2D eigenvalue weighted by molar-refractivity contribution is 5.76. The molecule has 1 aromatic carbocycles. The third-order valence-electron chi connectivity index (χ3n) is 3.64. The molecule has 0 saturated heterocycles. The largest absolute Gasteiger partial charge is 0.469 e. The molecule has 0 saturated carbocycles. The van der Waals surface area contributed by atoms with Crippen LogP contribution in [0.5, 0.6) is 0 Å². The van der Waals surface area contributed by atoms with Crippen LogP contribution in [0.15, 0.2) is 24.3 Å². The maximum Gasteiger partial charge on any atom is 0.309 e. The average Bonchev–Trinajstić information content (AvgIpc) is 2.82. The van der Waals surface area contributed by atoms with E-state index in [1.807, 2.05) is 25.1 Å². The van der Waals surface area contributed by atoms with Crippen molar-refractivity contribution in [1.82, 2.24) is 9.55 Å². The van der Waals surface area contributed by atoms with Gasteiger partial charge in [-0.2, -0.15) is 0 Å². The fourth-order valence-electron chi connectivity index (χ4n) is 2.54. The lowest BCUT2D eigenvalue weighted by molar-refractivity contribution is -0.145. The van der Waals surface area contributed by atoms with Crippen LogP contribution in [0, 0.1) is 5.92 Å². The molecule has 0 aliphatic rings. The Bertz CT molecular complexity index is 589. The highest BCUT2D eigenvalue weighted by Crippen LogP contribution is 2.20. The van der Waals surface area contributed by atoms with Crippen molar-refractivity contribution < 1.29 is 9.53 Å². The van der Waals surface area contributed by atoms with Crippen molar-refractivity contribution in [2.75, 3.05) is 7.11 Å². The van der Waals surface area contributed by atoms with Crippen LogP contribution in [0.3, 0.4) is 0 Å². The average molecular weight is 274 g/mol. The van der Waals surface area contributed by atoms with Crippen LogP contribution in [0.2, 0.25) is 0 Å². The number of aryl methyl sites for hydroxylation is 1. The second-order valence-electron chi connectivity index (χ2n) is 5.00. The summed E-state index contributed by atoms with van der Waals surface area (Å²) in [5, 5.41) is 0. The summed E-state index contributed by atoms with van der Waals surface area (Å²) >= 11 is 0. The Hall–Kier alpha value is -1.84. The first-order chi connectivity index (χ1) is 9.71. The predicted molar refractivity (Wildman–Crippen MR) is 79.5 cm³/mol. The molecule has 108 valence electrons. The molecule has 0 amide bonds. The fraction of sp³-hybridized carbons (Fsp3) is 0.500. The van der Waals surface area contributed by atoms with Gasteiger partial charge in [-0.3, -0.25) is 4.79 Å². The maximum absolute atomic E-state index is 11.8. The number of carbonyl (C=O) groups excluding carboxylic acids is 1. The summed E-state index contributed by atoms with van der Waals surface area (Å²) in [5.74, 6) is 0.709. The van der Waals surface area contributed by atoms with Crippen LogP contribution in [-0.4, -0.2) is 22.6 Å². The maximum atomic E-state index is 11.8. The van der Waals surface area contributed by atoms with Gasteiger partial charge in [0.2, 0.25) is 0 Å². The van der Waals surface area contributed by atoms with Crippen LogP contribution >= 0.6 is 0 Å². The van der Waals surface area contributed by atoms with E-state index >= 15 is 0 Å². The molecule has 1 heterocycles. The number of esters is 1. The second kappa shape index (κ2) is 6.55. The van der Waals surface area contributed by atoms with Gasteiger partial charge in [-0.15, -0.1) is 0 Å². The summed E-state index contributed by atoms with van der Waals surface area (Å²) in [6.07, 6.45) is 2.45. The SMILES string of the molecule is CCCn1c(CC(CC)C(=O)OC)nc2ccccc21. The number of carbonyl (C=O) groups is 1. The van der Waals surface area contributed by atoms with Crippen LogP contribution in [0.1, 0.15) is 32.5 Å². The number of methoxy groups -OCH3 is 1. The van der Waals surface area contributed by atoms with Gasteiger partial charge in [0.05, 0.1) is 24.1 Å². The zero-order valence-corrected chi connectivity index (χ0v) is 12.4. The Labute approximate surface area is 119 Å². The van der Waals surface area contributed by atoms with Gasteiger partial charge in [0.25, 0.3) is 0 Å². The lowest BCUT2D eigenvalue weighted by atomic mass is 10.0. The van der Waals surface area contributed by atoms with E-state index in [-0.39, 0.29) is 11.9 Å². The van der Waals surface area contributed by atoms with E-state index < -0.39 is 0 Å². The van der Waals surface area contributed by atoms with Crippen molar-refractivity contribution in [3.05, 3.63) is 30.1 Å². The molecule has 4 nitrogen and oxygen atoms in total. The summed E-state index contributed by atoms with van der Waals surface area (Å²) in [6, 6.07) is 8.12. The number of nitrogens with zero attached hydrogens (tertiary/aromatic N) is 2. The molecule has 0 aliphatic carbocycles. The molecular formula is C16H22N2O2. The van der Waals surface area contributed by atoms with Gasteiger partial charge in [-0.25, -0.2) is 4.98 Å². The first kappa shape index (κ1) is 14.6. The van der Waals surface area contributed by atoms with E-state index in [1.165, 1.54) is 7.11 Å². The normalized spacial score (nSPS) is 12.6. The molecule has 4 heteroatoms. The number of para-hydroxylation sites is 2. The van der Waals surface area contributed by atoms with Crippen molar-refractivity contribution in [1.29, 1.82) is 0 Å². The summed E-state index contributed by atoms with van der Waals surface area (Å²) in [5.41, 5.74) is 2.14. The third kappa shape index (κ3) is 2.84. The van der Waals surface area contributed by atoms with Gasteiger partial charge in [0, 0.05) is 13.0 Å². The lowest BCUT2D eigenvalue weighted by Crippen LogP contribution is -2.20. The van der Waals surface area contributed by atoms with Crippen LogP contribution < -0.4 is 0 Å². The number of hydrogen-bond acceptors (Lipinski definition) is 3. The second-order valence-corrected chi connectivity index (χ2v) is 5.00. The smallest absolute Gasteiger partial charge is 0.309 e. The van der Waals surface area contributed by atoms with Gasteiger partial charge in [-0.1, -0.05) is 26.0 Å². The Balaban J connectivity index is 2.37. The number of hydrogen-bond donors (Lipinski definition) is 0. The number of aromatic nitrogens is 2. The Kier molecular flexibility index (Phi) is 4.77. The highest BCUT2D eigenvalue weighted by atomic mass is 16.5. The number of benzene rings is 1. The molecule has 0 aliphatic heterocycles. The van der Waals surface area contributed by atoms with Crippen molar-refractivity contribution in [2.45, 2.75) is 39.7 Å². The molecule has 1 unspecified atom stereocenters. The van der Waals surface area contributed by atoms with E-state index in [9.17, 15) is 4.79 Å². The highest BCUT2D eigenvalue weighted by Gasteiger charge is 2.21. The van der Waals surface area contributed by atoms with Gasteiger partial charge in [0.1, 0.15) is 5.82 Å². The number of ether oxygens (including phenoxy) is 1. The molecule has 0 fully saturated rings. The van der Waals surface area contributed by atoms with E-state index in [1.54, 1.807) is 0 Å². The van der Waals surface area contributed by atoms with Crippen LogP contribution in [-0.2, 0) is 22.5 Å². The molecule has 2 rings (SSSR count). The minimum Gasteiger partial charge on any atom is -0.469 e. The summed E-state index contributed by atoms with van der Waals surface area (Å²) in [7, 11) is 1.44.